The highest BCUT2D eigenvalue weighted by Crippen LogP contribution is 2.16. The summed E-state index contributed by atoms with van der Waals surface area (Å²) in [6.07, 6.45) is 3.18. The Hall–Kier alpha value is -0.770. The van der Waals surface area contributed by atoms with Crippen LogP contribution in [0, 0.1) is 5.92 Å². The van der Waals surface area contributed by atoms with E-state index in [1.165, 1.54) is 0 Å². The van der Waals surface area contributed by atoms with Crippen molar-refractivity contribution in [1.29, 1.82) is 0 Å². The minimum absolute atomic E-state index is 0. The first-order chi connectivity index (χ1) is 13.2. The van der Waals surface area contributed by atoms with Crippen molar-refractivity contribution in [3.8, 4) is 5.75 Å². The maximum atomic E-state index is 5.88. The van der Waals surface area contributed by atoms with Gasteiger partial charge in [0.2, 0.25) is 0 Å². The molecule has 1 saturated heterocycles. The van der Waals surface area contributed by atoms with Gasteiger partial charge in [-0.25, -0.2) is 0 Å². The number of nitrogens with zero attached hydrogens (tertiary/aromatic N) is 1. The van der Waals surface area contributed by atoms with Crippen LogP contribution in [0.25, 0.3) is 0 Å². The first kappa shape index (κ1) is 25.3. The molecule has 0 amide bonds. The molecule has 1 atom stereocenters. The van der Waals surface area contributed by atoms with Gasteiger partial charge in [0.15, 0.2) is 5.96 Å². The van der Waals surface area contributed by atoms with Gasteiger partial charge in [-0.1, -0.05) is 11.6 Å². The number of guanidine groups is 1. The van der Waals surface area contributed by atoms with Gasteiger partial charge in [0.1, 0.15) is 11.9 Å². The Morgan fingerprint density at radius 2 is 1.96 bits per heavy atom. The topological polar surface area (TPSA) is 64.1 Å². The lowest BCUT2D eigenvalue weighted by molar-refractivity contribution is 0.0203. The van der Waals surface area contributed by atoms with Gasteiger partial charge in [-0.3, -0.25) is 4.99 Å². The van der Waals surface area contributed by atoms with E-state index in [0.29, 0.717) is 17.5 Å². The Balaban J connectivity index is 0.00000392. The van der Waals surface area contributed by atoms with Crippen molar-refractivity contribution < 1.29 is 14.2 Å². The van der Waals surface area contributed by atoms with Crippen LogP contribution in [0.1, 0.15) is 26.2 Å². The van der Waals surface area contributed by atoms with Gasteiger partial charge >= 0.3 is 0 Å². The standard InChI is InChI=1S/C20H32ClN3O3.HI/c1-16(27-19-6-4-18(21)5-7-19)14-24-20(22-2)23-10-3-11-26-15-17-8-12-25-13-9-17;/h4-7,16-17H,3,8-15H2,1-2H3,(H2,22,23,24);1H. The maximum Gasteiger partial charge on any atom is 0.191 e. The van der Waals surface area contributed by atoms with Gasteiger partial charge in [0.25, 0.3) is 0 Å². The van der Waals surface area contributed by atoms with E-state index in [4.69, 9.17) is 25.8 Å². The summed E-state index contributed by atoms with van der Waals surface area (Å²) in [6.45, 7) is 6.84. The lowest BCUT2D eigenvalue weighted by atomic mass is 10.0. The zero-order valence-electron chi connectivity index (χ0n) is 16.8. The Morgan fingerprint density at radius 3 is 2.64 bits per heavy atom. The lowest BCUT2D eigenvalue weighted by Crippen LogP contribution is -2.42. The summed E-state index contributed by atoms with van der Waals surface area (Å²) in [7, 11) is 1.77. The third-order valence-corrected chi connectivity index (χ3v) is 4.64. The van der Waals surface area contributed by atoms with E-state index in [-0.39, 0.29) is 30.1 Å². The van der Waals surface area contributed by atoms with Gasteiger partial charge in [0.05, 0.1) is 6.54 Å². The average molecular weight is 526 g/mol. The predicted octanol–water partition coefficient (Wildman–Crippen LogP) is 3.72. The Morgan fingerprint density at radius 1 is 1.25 bits per heavy atom. The van der Waals surface area contributed by atoms with E-state index in [1.54, 1.807) is 7.05 Å². The second-order valence-corrected chi connectivity index (χ2v) is 7.18. The summed E-state index contributed by atoms with van der Waals surface area (Å²) in [5, 5.41) is 7.28. The fourth-order valence-corrected chi connectivity index (χ4v) is 2.92. The summed E-state index contributed by atoms with van der Waals surface area (Å²) in [5.74, 6) is 2.23. The molecule has 28 heavy (non-hydrogen) atoms. The van der Waals surface area contributed by atoms with Crippen LogP contribution in [0.3, 0.4) is 0 Å². The quantitative estimate of drug-likeness (QED) is 0.211. The molecule has 2 rings (SSSR count). The van der Waals surface area contributed by atoms with Gasteiger partial charge in [-0.05, 0) is 56.4 Å². The summed E-state index contributed by atoms with van der Waals surface area (Å²) >= 11 is 5.88. The van der Waals surface area contributed by atoms with E-state index in [1.807, 2.05) is 31.2 Å². The Bertz CT molecular complexity index is 554. The molecular formula is C20H33ClIN3O3. The van der Waals surface area contributed by atoms with E-state index in [0.717, 1.165) is 63.9 Å². The van der Waals surface area contributed by atoms with Crippen LogP contribution < -0.4 is 15.4 Å². The zero-order chi connectivity index (χ0) is 19.3. The number of hydrogen-bond acceptors (Lipinski definition) is 4. The number of aliphatic imine (C=N–C) groups is 1. The second kappa shape index (κ2) is 15.1. The van der Waals surface area contributed by atoms with Crippen LogP contribution in [-0.2, 0) is 9.47 Å². The van der Waals surface area contributed by atoms with E-state index in [2.05, 4.69) is 15.6 Å². The third kappa shape index (κ3) is 10.7. The minimum atomic E-state index is 0. The van der Waals surface area contributed by atoms with E-state index >= 15 is 0 Å². The molecule has 0 aliphatic carbocycles. The monoisotopic (exact) mass is 525 g/mol. The molecule has 0 radical (unpaired) electrons. The molecule has 1 aliphatic heterocycles. The Labute approximate surface area is 190 Å². The predicted molar refractivity (Wildman–Crippen MR) is 125 cm³/mol. The van der Waals surface area contributed by atoms with Crippen molar-refractivity contribution in [2.24, 2.45) is 10.9 Å². The third-order valence-electron chi connectivity index (χ3n) is 4.38. The molecule has 0 spiro atoms. The molecule has 8 heteroatoms. The number of rotatable bonds is 10. The summed E-state index contributed by atoms with van der Waals surface area (Å²) < 4.78 is 17.0. The van der Waals surface area contributed by atoms with Crippen molar-refractivity contribution in [2.45, 2.75) is 32.3 Å². The molecule has 6 nitrogen and oxygen atoms in total. The molecule has 1 aliphatic rings. The summed E-state index contributed by atoms with van der Waals surface area (Å²) in [4.78, 5) is 4.24. The summed E-state index contributed by atoms with van der Waals surface area (Å²) in [5.41, 5.74) is 0. The summed E-state index contributed by atoms with van der Waals surface area (Å²) in [6, 6.07) is 7.38. The SMILES string of the molecule is CN=C(NCCCOCC1CCOCC1)NCC(C)Oc1ccc(Cl)cc1.I. The zero-order valence-corrected chi connectivity index (χ0v) is 19.9. The number of benzene rings is 1. The van der Waals surface area contributed by atoms with Crippen molar-refractivity contribution >= 4 is 41.5 Å². The lowest BCUT2D eigenvalue weighted by Gasteiger charge is -2.21. The smallest absolute Gasteiger partial charge is 0.191 e. The molecule has 1 unspecified atom stereocenters. The molecule has 1 aromatic rings. The average Bonchev–Trinajstić information content (AvgIpc) is 2.69. The number of hydrogen-bond donors (Lipinski definition) is 2. The van der Waals surface area contributed by atoms with Gasteiger partial charge in [-0.15, -0.1) is 24.0 Å². The molecule has 0 saturated carbocycles. The highest BCUT2D eigenvalue weighted by molar-refractivity contribution is 14.0. The molecular weight excluding hydrogens is 493 g/mol. The fraction of sp³-hybridized carbons (Fsp3) is 0.650. The van der Waals surface area contributed by atoms with Crippen LogP contribution in [0.4, 0.5) is 0 Å². The molecule has 0 bridgehead atoms. The molecule has 0 aromatic heterocycles. The van der Waals surface area contributed by atoms with E-state index < -0.39 is 0 Å². The molecule has 2 N–H and O–H groups in total. The van der Waals surface area contributed by atoms with Crippen LogP contribution in [-0.4, -0.2) is 58.6 Å². The largest absolute Gasteiger partial charge is 0.489 e. The molecule has 160 valence electrons. The van der Waals surface area contributed by atoms with Gasteiger partial charge in [-0.2, -0.15) is 0 Å². The van der Waals surface area contributed by atoms with Crippen molar-refractivity contribution in [3.63, 3.8) is 0 Å². The minimum Gasteiger partial charge on any atom is -0.489 e. The van der Waals surface area contributed by atoms with E-state index in [9.17, 15) is 0 Å². The maximum absolute atomic E-state index is 5.88. The first-order valence-electron chi connectivity index (χ1n) is 9.69. The first-order valence-corrected chi connectivity index (χ1v) is 10.1. The number of nitrogens with one attached hydrogen (secondary N) is 2. The highest BCUT2D eigenvalue weighted by Gasteiger charge is 2.13. The molecule has 1 aromatic carbocycles. The van der Waals surface area contributed by atoms with Crippen LogP contribution in [0.15, 0.2) is 29.3 Å². The van der Waals surface area contributed by atoms with Gasteiger partial charge < -0.3 is 24.8 Å². The molecule has 1 heterocycles. The highest BCUT2D eigenvalue weighted by atomic mass is 127. The fourth-order valence-electron chi connectivity index (χ4n) is 2.79. The molecule has 1 fully saturated rings. The second-order valence-electron chi connectivity index (χ2n) is 6.75. The number of halogens is 2. The number of ether oxygens (including phenoxy) is 3. The van der Waals surface area contributed by atoms with Crippen molar-refractivity contribution in [2.75, 3.05) is 46.6 Å². The van der Waals surface area contributed by atoms with Crippen LogP contribution in [0.5, 0.6) is 5.75 Å². The van der Waals surface area contributed by atoms with Crippen molar-refractivity contribution in [1.82, 2.24) is 10.6 Å². The van der Waals surface area contributed by atoms with Crippen LogP contribution in [0.2, 0.25) is 5.02 Å². The Kier molecular flexibility index (Phi) is 13.6. The van der Waals surface area contributed by atoms with Crippen molar-refractivity contribution in [3.05, 3.63) is 29.3 Å². The van der Waals surface area contributed by atoms with Crippen LogP contribution >= 0.6 is 35.6 Å². The normalized spacial score (nSPS) is 16.2. The van der Waals surface area contributed by atoms with Gasteiger partial charge in [0, 0.05) is 45.0 Å².